The second-order valence-corrected chi connectivity index (χ2v) is 9.04. The third kappa shape index (κ3) is 6.91. The smallest absolute Gasteiger partial charge is 0.309 e. The van der Waals surface area contributed by atoms with Gasteiger partial charge in [-0.1, -0.05) is 44.2 Å². The number of carbonyl (C=O) groups is 2. The Balaban J connectivity index is 2.00. The molecule has 0 amide bonds. The van der Waals surface area contributed by atoms with Crippen molar-refractivity contribution >= 4 is 12.3 Å². The summed E-state index contributed by atoms with van der Waals surface area (Å²) in [6.45, 7) is 5.84. The van der Waals surface area contributed by atoms with Crippen LogP contribution in [0.3, 0.4) is 0 Å². The highest BCUT2D eigenvalue weighted by atomic mass is 16.5. The molecule has 34 heavy (non-hydrogen) atoms. The molecule has 182 valence electrons. The van der Waals surface area contributed by atoms with Crippen LogP contribution in [0.2, 0.25) is 0 Å². The minimum atomic E-state index is -0.674. The largest absolute Gasteiger partial charge is 0.496 e. The molecule has 0 N–H and O–H groups in total. The quantitative estimate of drug-likeness (QED) is 0.319. The molecule has 6 heteroatoms. The average Bonchev–Trinajstić information content (AvgIpc) is 2.85. The Morgan fingerprint density at radius 1 is 1.15 bits per heavy atom. The van der Waals surface area contributed by atoms with Gasteiger partial charge in [-0.2, -0.15) is 5.26 Å². The molecule has 1 unspecified atom stereocenters. The minimum absolute atomic E-state index is 0.0910. The van der Waals surface area contributed by atoms with Gasteiger partial charge in [-0.25, -0.2) is 0 Å². The normalized spacial score (nSPS) is 12.8. The van der Waals surface area contributed by atoms with Crippen molar-refractivity contribution in [2.45, 2.75) is 44.9 Å². The molecular weight excluding hydrogens is 428 g/mol. The fourth-order valence-corrected chi connectivity index (χ4v) is 4.31. The van der Waals surface area contributed by atoms with Crippen LogP contribution in [-0.4, -0.2) is 51.5 Å². The van der Waals surface area contributed by atoms with E-state index in [0.29, 0.717) is 17.7 Å². The van der Waals surface area contributed by atoms with Crippen LogP contribution in [-0.2, 0) is 27.8 Å². The zero-order chi connectivity index (χ0) is 25.1. The van der Waals surface area contributed by atoms with Crippen LogP contribution in [0.4, 0.5) is 0 Å². The maximum Gasteiger partial charge on any atom is 0.309 e. The van der Waals surface area contributed by atoms with Gasteiger partial charge in [0.1, 0.15) is 5.75 Å². The maximum absolute atomic E-state index is 11.5. The van der Waals surface area contributed by atoms with Gasteiger partial charge in [-0.05, 0) is 67.6 Å². The van der Waals surface area contributed by atoms with Crippen molar-refractivity contribution in [3.8, 4) is 11.8 Å². The Kier molecular flexibility index (Phi) is 10.3. The molecule has 1 atom stereocenters. The van der Waals surface area contributed by atoms with Gasteiger partial charge >= 0.3 is 5.97 Å². The summed E-state index contributed by atoms with van der Waals surface area (Å²) in [5, 5.41) is 10.2. The number of nitrogens with zero attached hydrogens (tertiary/aromatic N) is 2. The van der Waals surface area contributed by atoms with E-state index in [9.17, 15) is 14.9 Å². The van der Waals surface area contributed by atoms with E-state index in [1.807, 2.05) is 18.2 Å². The highest BCUT2D eigenvalue weighted by Gasteiger charge is 2.36. The van der Waals surface area contributed by atoms with E-state index in [2.05, 4.69) is 44.0 Å². The molecule has 0 aliphatic rings. The van der Waals surface area contributed by atoms with Crippen LogP contribution < -0.4 is 4.74 Å². The van der Waals surface area contributed by atoms with E-state index >= 15 is 0 Å². The van der Waals surface area contributed by atoms with Gasteiger partial charge in [0.2, 0.25) is 0 Å². The maximum atomic E-state index is 11.5. The third-order valence-corrected chi connectivity index (χ3v) is 6.52. The molecule has 0 aromatic heterocycles. The first-order chi connectivity index (χ1) is 16.3. The Morgan fingerprint density at radius 2 is 1.88 bits per heavy atom. The van der Waals surface area contributed by atoms with Crippen LogP contribution in [0.25, 0.3) is 0 Å². The number of ether oxygens (including phenoxy) is 2. The summed E-state index contributed by atoms with van der Waals surface area (Å²) in [7, 11) is 5.02. The van der Waals surface area contributed by atoms with Crippen molar-refractivity contribution in [1.29, 1.82) is 5.26 Å². The third-order valence-electron chi connectivity index (χ3n) is 6.52. The summed E-state index contributed by atoms with van der Waals surface area (Å²) >= 11 is 0. The Bertz CT molecular complexity index is 1010. The number of hydrogen-bond acceptors (Lipinski definition) is 6. The molecule has 0 aliphatic carbocycles. The number of likely N-dealkylation sites (N-methyl/N-ethyl adjacent to an activating group) is 1. The van der Waals surface area contributed by atoms with Crippen molar-refractivity contribution in [2.75, 3.05) is 34.4 Å². The second kappa shape index (κ2) is 12.9. The molecular formula is C28H36N2O4. The van der Waals surface area contributed by atoms with Crippen molar-refractivity contribution in [1.82, 2.24) is 4.90 Å². The monoisotopic (exact) mass is 464 g/mol. The molecule has 0 saturated carbocycles. The molecule has 0 bridgehead atoms. The number of methoxy groups -OCH3 is 2. The predicted octanol–water partition coefficient (Wildman–Crippen LogP) is 4.60. The standard InChI is InChI=1S/C28H36N2O4/c1-21(2)28(20-29,25-10-11-26(33-4)24(18-25)19-31)13-7-14-30(3)15-12-22-8-6-9-23(16-22)17-27(32)34-5/h6,8-11,16,18-19,21H,7,12-15,17H2,1-5H3. The van der Waals surface area contributed by atoms with Crippen molar-refractivity contribution in [3.05, 3.63) is 64.7 Å². The molecule has 6 nitrogen and oxygen atoms in total. The lowest BCUT2D eigenvalue weighted by Crippen LogP contribution is -2.32. The van der Waals surface area contributed by atoms with Crippen LogP contribution in [0.1, 0.15) is 53.7 Å². The van der Waals surface area contributed by atoms with E-state index < -0.39 is 5.41 Å². The Labute approximate surface area is 203 Å². The summed E-state index contributed by atoms with van der Waals surface area (Å²) in [6.07, 6.45) is 3.49. The lowest BCUT2D eigenvalue weighted by molar-refractivity contribution is -0.139. The SMILES string of the molecule is COC(=O)Cc1cccc(CCN(C)CCCC(C#N)(c2ccc(OC)c(C=O)c2)C(C)C)c1. The molecule has 0 spiro atoms. The lowest BCUT2D eigenvalue weighted by Gasteiger charge is -2.32. The Morgan fingerprint density at radius 3 is 2.50 bits per heavy atom. The van der Waals surface area contributed by atoms with E-state index in [1.54, 1.807) is 12.1 Å². The highest BCUT2D eigenvalue weighted by molar-refractivity contribution is 5.80. The van der Waals surface area contributed by atoms with Crippen molar-refractivity contribution < 1.29 is 19.1 Å². The summed E-state index contributed by atoms with van der Waals surface area (Å²) in [6, 6.07) is 16.1. The van der Waals surface area contributed by atoms with E-state index in [1.165, 1.54) is 19.8 Å². The predicted molar refractivity (Wildman–Crippen MR) is 133 cm³/mol. The number of rotatable bonds is 13. The van der Waals surface area contributed by atoms with Gasteiger partial charge in [0.25, 0.3) is 0 Å². The highest BCUT2D eigenvalue weighted by Crippen LogP contribution is 2.38. The fourth-order valence-electron chi connectivity index (χ4n) is 4.31. The second-order valence-electron chi connectivity index (χ2n) is 9.04. The number of hydrogen-bond donors (Lipinski definition) is 0. The van der Waals surface area contributed by atoms with E-state index in [-0.39, 0.29) is 18.3 Å². The van der Waals surface area contributed by atoms with E-state index in [0.717, 1.165) is 43.3 Å². The molecule has 2 rings (SSSR count). The molecule has 2 aromatic carbocycles. The zero-order valence-corrected chi connectivity index (χ0v) is 21.0. The first-order valence-electron chi connectivity index (χ1n) is 11.7. The summed E-state index contributed by atoms with van der Waals surface area (Å²) in [5.74, 6) is 0.371. The summed E-state index contributed by atoms with van der Waals surface area (Å²) in [5.41, 5.74) is 2.79. The van der Waals surface area contributed by atoms with Gasteiger partial charge in [0.05, 0.1) is 37.7 Å². The van der Waals surface area contributed by atoms with Gasteiger partial charge in [0.15, 0.2) is 6.29 Å². The molecule has 2 aromatic rings. The van der Waals surface area contributed by atoms with Crippen LogP contribution in [0, 0.1) is 17.2 Å². The van der Waals surface area contributed by atoms with Gasteiger partial charge in [-0.3, -0.25) is 9.59 Å². The minimum Gasteiger partial charge on any atom is -0.496 e. The lowest BCUT2D eigenvalue weighted by atomic mass is 9.69. The summed E-state index contributed by atoms with van der Waals surface area (Å²) < 4.78 is 10.0. The first kappa shape index (κ1) is 27.1. The van der Waals surface area contributed by atoms with Crippen molar-refractivity contribution in [2.24, 2.45) is 5.92 Å². The number of aldehydes is 1. The Hall–Kier alpha value is -3.17. The number of esters is 1. The number of carbonyl (C=O) groups excluding carboxylic acids is 2. The van der Waals surface area contributed by atoms with Crippen LogP contribution in [0.5, 0.6) is 5.75 Å². The fraction of sp³-hybridized carbons (Fsp3) is 0.464. The van der Waals surface area contributed by atoms with Crippen molar-refractivity contribution in [3.63, 3.8) is 0 Å². The van der Waals surface area contributed by atoms with E-state index in [4.69, 9.17) is 9.47 Å². The number of benzene rings is 2. The van der Waals surface area contributed by atoms with Gasteiger partial charge < -0.3 is 14.4 Å². The molecule has 0 heterocycles. The van der Waals surface area contributed by atoms with Gasteiger partial charge in [-0.15, -0.1) is 0 Å². The van der Waals surface area contributed by atoms with Crippen LogP contribution >= 0.6 is 0 Å². The topological polar surface area (TPSA) is 79.6 Å². The molecule has 0 radical (unpaired) electrons. The summed E-state index contributed by atoms with van der Waals surface area (Å²) in [4.78, 5) is 25.3. The van der Waals surface area contributed by atoms with Gasteiger partial charge in [0, 0.05) is 6.54 Å². The molecule has 0 aliphatic heterocycles. The van der Waals surface area contributed by atoms with Crippen LogP contribution in [0.15, 0.2) is 42.5 Å². The molecule has 0 fully saturated rings. The zero-order valence-electron chi connectivity index (χ0n) is 21.0. The number of nitriles is 1. The first-order valence-corrected chi connectivity index (χ1v) is 11.7. The average molecular weight is 465 g/mol. The molecule has 0 saturated heterocycles.